The average molecular weight is 264 g/mol. The van der Waals surface area contributed by atoms with Gasteiger partial charge in [0, 0.05) is 12.0 Å². The third-order valence-corrected chi connectivity index (χ3v) is 2.76. The first-order valence-electron chi connectivity index (χ1n) is 6.32. The Morgan fingerprint density at radius 1 is 1.16 bits per heavy atom. The number of aliphatic carboxylic acids is 1. The Hall–Kier alpha value is -1.84. The van der Waals surface area contributed by atoms with Crippen LogP contribution >= 0.6 is 0 Å². The van der Waals surface area contributed by atoms with Gasteiger partial charge in [0.05, 0.1) is 13.0 Å². The summed E-state index contributed by atoms with van der Waals surface area (Å²) in [5.74, 6) is -0.206. The highest BCUT2D eigenvalue weighted by molar-refractivity contribution is 5.96. The molecule has 0 aliphatic heterocycles. The lowest BCUT2D eigenvalue weighted by atomic mass is 9.82. The molecule has 0 radical (unpaired) electrons. The van der Waals surface area contributed by atoms with E-state index in [-0.39, 0.29) is 18.6 Å². The van der Waals surface area contributed by atoms with Gasteiger partial charge in [-0.3, -0.25) is 9.59 Å². The van der Waals surface area contributed by atoms with Crippen molar-refractivity contribution in [2.75, 3.05) is 6.61 Å². The number of hydrogen-bond donors (Lipinski definition) is 1. The van der Waals surface area contributed by atoms with Crippen molar-refractivity contribution in [2.45, 2.75) is 33.6 Å². The van der Waals surface area contributed by atoms with Crippen LogP contribution in [0.4, 0.5) is 0 Å². The molecule has 0 saturated heterocycles. The second-order valence-electron chi connectivity index (χ2n) is 5.29. The predicted molar refractivity (Wildman–Crippen MR) is 72.6 cm³/mol. The second-order valence-corrected chi connectivity index (χ2v) is 5.29. The summed E-state index contributed by atoms with van der Waals surface area (Å²) in [6, 6.07) is 6.93. The zero-order chi connectivity index (χ0) is 14.5. The molecule has 0 aromatic heterocycles. The molecule has 0 unspecified atom stereocenters. The number of ether oxygens (including phenoxy) is 1. The third kappa shape index (κ3) is 5.12. The van der Waals surface area contributed by atoms with Crippen LogP contribution in [-0.2, 0) is 4.79 Å². The van der Waals surface area contributed by atoms with E-state index in [0.717, 1.165) is 5.75 Å². The van der Waals surface area contributed by atoms with Gasteiger partial charge in [-0.15, -0.1) is 0 Å². The smallest absolute Gasteiger partial charge is 0.303 e. The number of rotatable bonds is 7. The standard InChI is InChI=1S/C15H20O4/c1-4-19-12-7-5-11(6-8-12)13(16)9-15(2,3)10-14(17)18/h5-8H,4,9-10H2,1-3H3,(H,17,18). The van der Waals surface area contributed by atoms with Gasteiger partial charge in [-0.1, -0.05) is 13.8 Å². The van der Waals surface area contributed by atoms with Crippen LogP contribution in [0.1, 0.15) is 44.0 Å². The molecule has 4 heteroatoms. The number of hydrogen-bond acceptors (Lipinski definition) is 3. The molecule has 4 nitrogen and oxygen atoms in total. The molecule has 0 aliphatic carbocycles. The number of carbonyl (C=O) groups excluding carboxylic acids is 1. The van der Waals surface area contributed by atoms with Crippen molar-refractivity contribution in [3.8, 4) is 5.75 Å². The first kappa shape index (κ1) is 15.2. The van der Waals surface area contributed by atoms with E-state index in [1.54, 1.807) is 38.1 Å². The molecule has 0 atom stereocenters. The molecule has 104 valence electrons. The maximum absolute atomic E-state index is 12.1. The van der Waals surface area contributed by atoms with Crippen LogP contribution in [0.3, 0.4) is 0 Å². The van der Waals surface area contributed by atoms with Crippen molar-refractivity contribution in [3.05, 3.63) is 29.8 Å². The average Bonchev–Trinajstić information content (AvgIpc) is 2.27. The van der Waals surface area contributed by atoms with E-state index in [4.69, 9.17) is 9.84 Å². The zero-order valence-corrected chi connectivity index (χ0v) is 11.6. The maximum Gasteiger partial charge on any atom is 0.303 e. The quantitative estimate of drug-likeness (QED) is 0.768. The molecule has 1 aromatic carbocycles. The van der Waals surface area contributed by atoms with Gasteiger partial charge in [-0.05, 0) is 36.6 Å². The minimum Gasteiger partial charge on any atom is -0.494 e. The lowest BCUT2D eigenvalue weighted by Gasteiger charge is -2.21. The molecule has 0 saturated carbocycles. The van der Waals surface area contributed by atoms with Crippen molar-refractivity contribution in [2.24, 2.45) is 5.41 Å². The summed E-state index contributed by atoms with van der Waals surface area (Å²) in [6.45, 7) is 6.05. The highest BCUT2D eigenvalue weighted by Crippen LogP contribution is 2.27. The van der Waals surface area contributed by atoms with E-state index >= 15 is 0 Å². The summed E-state index contributed by atoms with van der Waals surface area (Å²) in [5, 5.41) is 8.80. The third-order valence-electron chi connectivity index (χ3n) is 2.76. The van der Waals surface area contributed by atoms with E-state index in [1.165, 1.54) is 0 Å². The van der Waals surface area contributed by atoms with Crippen LogP contribution in [0, 0.1) is 5.41 Å². The van der Waals surface area contributed by atoms with Gasteiger partial charge in [0.25, 0.3) is 0 Å². The van der Waals surface area contributed by atoms with E-state index in [2.05, 4.69) is 0 Å². The Morgan fingerprint density at radius 2 is 1.74 bits per heavy atom. The van der Waals surface area contributed by atoms with Crippen LogP contribution in [0.2, 0.25) is 0 Å². The number of ketones is 1. The van der Waals surface area contributed by atoms with E-state index in [1.807, 2.05) is 6.92 Å². The van der Waals surface area contributed by atoms with Crippen molar-refractivity contribution in [1.82, 2.24) is 0 Å². The molecule has 19 heavy (non-hydrogen) atoms. The summed E-state index contributed by atoms with van der Waals surface area (Å²) in [7, 11) is 0. The number of carboxylic acid groups (broad SMARTS) is 1. The van der Waals surface area contributed by atoms with Gasteiger partial charge in [-0.2, -0.15) is 0 Å². The minimum absolute atomic E-state index is 0.0181. The topological polar surface area (TPSA) is 63.6 Å². The van der Waals surface area contributed by atoms with Gasteiger partial charge in [0.1, 0.15) is 5.75 Å². The fourth-order valence-corrected chi connectivity index (χ4v) is 1.91. The van der Waals surface area contributed by atoms with E-state index < -0.39 is 11.4 Å². The molecule has 0 aliphatic rings. The molecular weight excluding hydrogens is 244 g/mol. The number of Topliss-reactive ketones (excluding diaryl/α,β-unsaturated/α-hetero) is 1. The van der Waals surface area contributed by atoms with Gasteiger partial charge < -0.3 is 9.84 Å². The highest BCUT2D eigenvalue weighted by atomic mass is 16.5. The van der Waals surface area contributed by atoms with Crippen molar-refractivity contribution in [3.63, 3.8) is 0 Å². The first-order chi connectivity index (χ1) is 8.84. The van der Waals surface area contributed by atoms with Crippen molar-refractivity contribution >= 4 is 11.8 Å². The maximum atomic E-state index is 12.1. The normalized spacial score (nSPS) is 11.1. The molecule has 1 rings (SSSR count). The van der Waals surface area contributed by atoms with Crippen LogP contribution in [0.15, 0.2) is 24.3 Å². The molecule has 1 N–H and O–H groups in total. The number of carboxylic acids is 1. The Kier molecular flexibility index (Phi) is 5.10. The number of benzene rings is 1. The molecule has 1 aromatic rings. The molecular formula is C15H20O4. The van der Waals surface area contributed by atoms with Gasteiger partial charge in [-0.25, -0.2) is 0 Å². The molecule has 0 bridgehead atoms. The first-order valence-corrected chi connectivity index (χ1v) is 6.32. The van der Waals surface area contributed by atoms with Crippen molar-refractivity contribution < 1.29 is 19.4 Å². The summed E-state index contributed by atoms with van der Waals surface area (Å²) in [5.41, 5.74) is 0.0449. The van der Waals surface area contributed by atoms with Crippen LogP contribution < -0.4 is 4.74 Å². The highest BCUT2D eigenvalue weighted by Gasteiger charge is 2.25. The van der Waals surface area contributed by atoms with E-state index in [9.17, 15) is 9.59 Å². The zero-order valence-electron chi connectivity index (χ0n) is 11.6. The molecule has 0 fully saturated rings. The monoisotopic (exact) mass is 264 g/mol. The molecule has 0 heterocycles. The van der Waals surface area contributed by atoms with Gasteiger partial charge >= 0.3 is 5.97 Å². The second kappa shape index (κ2) is 6.36. The van der Waals surface area contributed by atoms with E-state index in [0.29, 0.717) is 12.2 Å². The summed E-state index contributed by atoms with van der Waals surface area (Å²) in [4.78, 5) is 22.8. The van der Waals surface area contributed by atoms with Crippen LogP contribution in [0.5, 0.6) is 5.75 Å². The Balaban J connectivity index is 2.70. The lowest BCUT2D eigenvalue weighted by molar-refractivity contribution is -0.139. The molecule has 0 amide bonds. The Bertz CT molecular complexity index is 446. The SMILES string of the molecule is CCOc1ccc(C(=O)CC(C)(C)CC(=O)O)cc1. The van der Waals surface area contributed by atoms with Gasteiger partial charge in [0.15, 0.2) is 5.78 Å². The summed E-state index contributed by atoms with van der Waals surface area (Å²) in [6.07, 6.45) is 0.197. The lowest BCUT2D eigenvalue weighted by Crippen LogP contribution is -2.21. The van der Waals surface area contributed by atoms with Crippen LogP contribution in [-0.4, -0.2) is 23.5 Å². The minimum atomic E-state index is -0.885. The van der Waals surface area contributed by atoms with Crippen LogP contribution in [0.25, 0.3) is 0 Å². The predicted octanol–water partition coefficient (Wildman–Crippen LogP) is 3.16. The molecule has 0 spiro atoms. The van der Waals surface area contributed by atoms with Gasteiger partial charge in [0.2, 0.25) is 0 Å². The summed E-state index contributed by atoms with van der Waals surface area (Å²) >= 11 is 0. The largest absolute Gasteiger partial charge is 0.494 e. The Labute approximate surface area is 113 Å². The Morgan fingerprint density at radius 3 is 2.21 bits per heavy atom. The number of carbonyl (C=O) groups is 2. The fourth-order valence-electron chi connectivity index (χ4n) is 1.91. The fraction of sp³-hybridized carbons (Fsp3) is 0.467. The summed E-state index contributed by atoms with van der Waals surface area (Å²) < 4.78 is 5.31. The van der Waals surface area contributed by atoms with Crippen molar-refractivity contribution in [1.29, 1.82) is 0 Å².